The number of benzene rings is 2. The first-order valence-electron chi connectivity index (χ1n) is 10.8. The van der Waals surface area contributed by atoms with Crippen molar-refractivity contribution in [2.75, 3.05) is 33.0 Å². The lowest BCUT2D eigenvalue weighted by molar-refractivity contribution is -0.0684. The van der Waals surface area contributed by atoms with Gasteiger partial charge in [0, 0.05) is 28.2 Å². The number of rotatable bonds is 5. The van der Waals surface area contributed by atoms with E-state index >= 15 is 0 Å². The maximum Gasteiger partial charge on any atom is 0.411 e. The number of amides is 1. The Morgan fingerprint density at radius 2 is 2.00 bits per heavy atom. The predicted molar refractivity (Wildman–Crippen MR) is 123 cm³/mol. The van der Waals surface area contributed by atoms with E-state index in [1.807, 2.05) is 42.5 Å². The van der Waals surface area contributed by atoms with Crippen LogP contribution in [0.5, 0.6) is 5.75 Å². The van der Waals surface area contributed by atoms with Crippen LogP contribution in [0.3, 0.4) is 0 Å². The van der Waals surface area contributed by atoms with Gasteiger partial charge in [0.05, 0.1) is 13.2 Å². The molecule has 3 heterocycles. The minimum Gasteiger partial charge on any atom is -0.488 e. The molecule has 8 heteroatoms. The zero-order valence-corrected chi connectivity index (χ0v) is 18.6. The van der Waals surface area contributed by atoms with Gasteiger partial charge < -0.3 is 23.9 Å². The summed E-state index contributed by atoms with van der Waals surface area (Å²) in [5.41, 5.74) is 3.99. The highest BCUT2D eigenvalue weighted by atomic mass is 35.5. The molecule has 1 saturated heterocycles. The summed E-state index contributed by atoms with van der Waals surface area (Å²) in [6.07, 6.45) is 5.18. The Morgan fingerprint density at radius 3 is 2.76 bits per heavy atom. The zero-order chi connectivity index (χ0) is 22.8. The molecule has 5 rings (SSSR count). The molecule has 0 saturated carbocycles. The minimum absolute atomic E-state index is 0.0741. The van der Waals surface area contributed by atoms with Crippen LogP contribution in [0.1, 0.15) is 22.9 Å². The Kier molecular flexibility index (Phi) is 6.14. The fourth-order valence-corrected chi connectivity index (χ4v) is 4.58. The minimum atomic E-state index is -0.448. The Hall–Kier alpha value is -3.18. The first-order chi connectivity index (χ1) is 16.1. The Bertz CT molecular complexity index is 1190. The number of hydrogen-bond acceptors (Lipinski definition) is 5. The van der Waals surface area contributed by atoms with Crippen molar-refractivity contribution in [1.82, 2.24) is 9.88 Å². The van der Waals surface area contributed by atoms with Crippen LogP contribution in [0.25, 0.3) is 10.9 Å². The molecule has 33 heavy (non-hydrogen) atoms. The van der Waals surface area contributed by atoms with Gasteiger partial charge in [-0.05, 0) is 47.9 Å². The van der Waals surface area contributed by atoms with Crippen LogP contribution in [0.4, 0.5) is 4.79 Å². The summed E-state index contributed by atoms with van der Waals surface area (Å²) in [6, 6.07) is 13.1. The van der Waals surface area contributed by atoms with Gasteiger partial charge in [-0.2, -0.15) is 0 Å². The average Bonchev–Trinajstić information content (AvgIpc) is 3.48. The first-order valence-corrected chi connectivity index (χ1v) is 11.1. The summed E-state index contributed by atoms with van der Waals surface area (Å²) < 4.78 is 21.9. The van der Waals surface area contributed by atoms with Crippen LogP contribution in [0.2, 0.25) is 5.02 Å². The van der Waals surface area contributed by atoms with E-state index in [1.54, 1.807) is 4.90 Å². The van der Waals surface area contributed by atoms with Gasteiger partial charge in [-0.25, -0.2) is 4.79 Å². The number of hydrogen-bond donors (Lipinski definition) is 1. The molecule has 2 aliphatic heterocycles. The van der Waals surface area contributed by atoms with Crippen molar-refractivity contribution in [2.24, 2.45) is 0 Å². The molecular weight excluding hydrogens is 444 g/mol. The van der Waals surface area contributed by atoms with Gasteiger partial charge in [-0.3, -0.25) is 4.90 Å². The van der Waals surface area contributed by atoms with E-state index in [0.717, 1.165) is 27.7 Å². The number of terminal acetylenes is 1. The molecule has 1 unspecified atom stereocenters. The molecule has 1 amide bonds. The molecule has 0 bridgehead atoms. The van der Waals surface area contributed by atoms with Crippen molar-refractivity contribution in [1.29, 1.82) is 0 Å². The van der Waals surface area contributed by atoms with Crippen molar-refractivity contribution < 1.29 is 23.7 Å². The van der Waals surface area contributed by atoms with E-state index in [4.69, 9.17) is 37.0 Å². The van der Waals surface area contributed by atoms with Crippen LogP contribution in [0, 0.1) is 12.3 Å². The largest absolute Gasteiger partial charge is 0.488 e. The molecular formula is C25H23ClN2O5. The monoisotopic (exact) mass is 466 g/mol. The average molecular weight is 467 g/mol. The van der Waals surface area contributed by atoms with Crippen molar-refractivity contribution in [3.05, 3.63) is 64.3 Å². The fraction of sp³-hybridized carbons (Fsp3) is 0.320. The quantitative estimate of drug-likeness (QED) is 0.568. The molecule has 1 fully saturated rings. The summed E-state index contributed by atoms with van der Waals surface area (Å²) in [5.74, 6) is 3.05. The molecule has 0 radical (unpaired) electrons. The van der Waals surface area contributed by atoms with Crippen molar-refractivity contribution in [3.8, 4) is 18.1 Å². The van der Waals surface area contributed by atoms with Crippen molar-refractivity contribution in [3.63, 3.8) is 0 Å². The van der Waals surface area contributed by atoms with Gasteiger partial charge >= 0.3 is 6.09 Å². The van der Waals surface area contributed by atoms with Gasteiger partial charge in [0.25, 0.3) is 0 Å². The molecule has 3 aromatic rings. The van der Waals surface area contributed by atoms with Crippen LogP contribution >= 0.6 is 11.6 Å². The Morgan fingerprint density at radius 1 is 1.21 bits per heavy atom. The SMILES string of the molecule is C#CCOC(=O)N1CCc2c([nH]c3ccc(Cl)cc23)C1c1ccc(OCC2OCCO2)cc1. The highest BCUT2D eigenvalue weighted by molar-refractivity contribution is 6.31. The predicted octanol–water partition coefficient (Wildman–Crippen LogP) is 4.29. The lowest BCUT2D eigenvalue weighted by Gasteiger charge is -2.35. The lowest BCUT2D eigenvalue weighted by Crippen LogP contribution is -2.41. The molecule has 2 aromatic carbocycles. The third-order valence-corrected chi connectivity index (χ3v) is 6.11. The maximum atomic E-state index is 12.9. The number of ether oxygens (including phenoxy) is 4. The van der Waals surface area contributed by atoms with Crippen LogP contribution in [-0.4, -0.2) is 55.2 Å². The number of nitrogens with one attached hydrogen (secondary N) is 1. The smallest absolute Gasteiger partial charge is 0.411 e. The zero-order valence-electron chi connectivity index (χ0n) is 17.9. The summed E-state index contributed by atoms with van der Waals surface area (Å²) >= 11 is 6.25. The third kappa shape index (κ3) is 4.38. The van der Waals surface area contributed by atoms with Crippen molar-refractivity contribution in [2.45, 2.75) is 18.8 Å². The lowest BCUT2D eigenvalue weighted by atomic mass is 9.92. The molecule has 1 atom stereocenters. The fourth-order valence-electron chi connectivity index (χ4n) is 4.40. The Labute approximate surface area is 196 Å². The van der Waals surface area contributed by atoms with Gasteiger partial charge in [0.1, 0.15) is 18.4 Å². The standard InChI is InChI=1S/C25H23ClN2O5/c1-2-11-32-25(29)28-10-9-19-20-14-17(26)5-8-21(20)27-23(19)24(28)16-3-6-18(7-4-16)33-15-22-30-12-13-31-22/h1,3-8,14,22,24,27H,9-13,15H2. The van der Waals surface area contributed by atoms with E-state index in [2.05, 4.69) is 10.9 Å². The summed E-state index contributed by atoms with van der Waals surface area (Å²) in [5, 5.41) is 1.74. The molecule has 7 nitrogen and oxygen atoms in total. The van der Waals surface area contributed by atoms with E-state index < -0.39 is 6.09 Å². The number of aromatic amines is 1. The van der Waals surface area contributed by atoms with Crippen LogP contribution < -0.4 is 4.74 Å². The first kappa shape index (κ1) is 21.7. The van der Waals surface area contributed by atoms with Crippen molar-refractivity contribution >= 4 is 28.6 Å². The second-order valence-electron chi connectivity index (χ2n) is 7.86. The van der Waals surface area contributed by atoms with E-state index in [1.165, 1.54) is 0 Å². The Balaban J connectivity index is 1.46. The van der Waals surface area contributed by atoms with E-state index in [0.29, 0.717) is 43.6 Å². The third-order valence-electron chi connectivity index (χ3n) is 5.88. The molecule has 1 N–H and O–H groups in total. The van der Waals surface area contributed by atoms with E-state index in [-0.39, 0.29) is 18.9 Å². The molecule has 2 aliphatic rings. The summed E-state index contributed by atoms with van der Waals surface area (Å²) in [4.78, 5) is 18.1. The number of aromatic nitrogens is 1. The second-order valence-corrected chi connectivity index (χ2v) is 8.30. The number of fused-ring (bicyclic) bond motifs is 3. The molecule has 0 spiro atoms. The number of carbonyl (C=O) groups excluding carboxylic acids is 1. The highest BCUT2D eigenvalue weighted by Gasteiger charge is 2.35. The number of carbonyl (C=O) groups is 1. The molecule has 1 aromatic heterocycles. The van der Waals surface area contributed by atoms with Gasteiger partial charge in [0.15, 0.2) is 12.9 Å². The summed E-state index contributed by atoms with van der Waals surface area (Å²) in [7, 11) is 0. The highest BCUT2D eigenvalue weighted by Crippen LogP contribution is 2.39. The van der Waals surface area contributed by atoms with Crippen LogP contribution in [0.15, 0.2) is 42.5 Å². The topological polar surface area (TPSA) is 73.0 Å². The summed E-state index contributed by atoms with van der Waals surface area (Å²) in [6.45, 7) is 1.90. The maximum absolute atomic E-state index is 12.9. The van der Waals surface area contributed by atoms with Crippen LogP contribution in [-0.2, 0) is 20.6 Å². The van der Waals surface area contributed by atoms with Gasteiger partial charge in [0.2, 0.25) is 0 Å². The normalized spacial score (nSPS) is 18.2. The number of H-pyrrole nitrogens is 1. The van der Waals surface area contributed by atoms with Gasteiger partial charge in [-0.15, -0.1) is 6.42 Å². The van der Waals surface area contributed by atoms with E-state index in [9.17, 15) is 4.79 Å². The number of nitrogens with zero attached hydrogens (tertiary/aromatic N) is 1. The molecule has 170 valence electrons. The second kappa shape index (κ2) is 9.36. The van der Waals surface area contributed by atoms with Gasteiger partial charge in [-0.1, -0.05) is 29.7 Å². The molecule has 0 aliphatic carbocycles. The number of halogens is 1.